The first-order valence-electron chi connectivity index (χ1n) is 12.6. The maximum Gasteiger partial charge on any atom is 0.259 e. The SMILES string of the molecule is C[C@@H]1CN([C@H](C)CO)C(=O)c2cc(C3=CCCCC3)cnc2O[C@@H]1CN(C)Cc1ccccc1F. The van der Waals surface area contributed by atoms with Gasteiger partial charge in [-0.15, -0.1) is 0 Å². The number of benzene rings is 1. The maximum atomic E-state index is 14.2. The van der Waals surface area contributed by atoms with Gasteiger partial charge in [0, 0.05) is 37.3 Å². The average molecular weight is 482 g/mol. The number of nitrogens with zero attached hydrogens (tertiary/aromatic N) is 3. The van der Waals surface area contributed by atoms with Gasteiger partial charge in [-0.1, -0.05) is 31.2 Å². The van der Waals surface area contributed by atoms with Crippen molar-refractivity contribution in [3.8, 4) is 5.88 Å². The molecule has 1 aromatic carbocycles. The van der Waals surface area contributed by atoms with E-state index in [1.807, 2.05) is 37.9 Å². The third kappa shape index (κ3) is 5.90. The maximum absolute atomic E-state index is 14.2. The fraction of sp³-hybridized carbons (Fsp3) is 0.500. The van der Waals surface area contributed by atoms with Gasteiger partial charge in [-0.25, -0.2) is 9.37 Å². The van der Waals surface area contributed by atoms with Crippen LogP contribution in [-0.4, -0.2) is 64.7 Å². The first-order valence-corrected chi connectivity index (χ1v) is 12.6. The number of aliphatic hydroxyl groups excluding tert-OH is 1. The number of aromatic nitrogens is 1. The van der Waals surface area contributed by atoms with Crippen LogP contribution in [0.15, 0.2) is 42.6 Å². The molecule has 3 atom stereocenters. The zero-order chi connectivity index (χ0) is 24.9. The summed E-state index contributed by atoms with van der Waals surface area (Å²) in [4.78, 5) is 22.0. The molecule has 0 radical (unpaired) electrons. The van der Waals surface area contributed by atoms with Gasteiger partial charge in [0.15, 0.2) is 0 Å². The molecule has 6 nitrogen and oxygen atoms in total. The first kappa shape index (κ1) is 25.3. The van der Waals surface area contributed by atoms with Crippen molar-refractivity contribution in [2.24, 2.45) is 5.92 Å². The van der Waals surface area contributed by atoms with Gasteiger partial charge >= 0.3 is 0 Å². The molecule has 1 N–H and O–H groups in total. The fourth-order valence-electron chi connectivity index (χ4n) is 4.89. The summed E-state index contributed by atoms with van der Waals surface area (Å²) in [7, 11) is 1.94. The molecule has 0 saturated carbocycles. The Balaban J connectivity index is 1.63. The quantitative estimate of drug-likeness (QED) is 0.630. The molecule has 1 aliphatic carbocycles. The largest absolute Gasteiger partial charge is 0.472 e. The fourth-order valence-corrected chi connectivity index (χ4v) is 4.89. The smallest absolute Gasteiger partial charge is 0.259 e. The van der Waals surface area contributed by atoms with E-state index >= 15 is 0 Å². The van der Waals surface area contributed by atoms with Crippen LogP contribution in [0.2, 0.25) is 0 Å². The third-order valence-electron chi connectivity index (χ3n) is 7.07. The van der Waals surface area contributed by atoms with Gasteiger partial charge in [0.05, 0.1) is 12.6 Å². The van der Waals surface area contributed by atoms with Crippen molar-refractivity contribution in [1.82, 2.24) is 14.8 Å². The van der Waals surface area contributed by atoms with Gasteiger partial charge < -0.3 is 14.7 Å². The van der Waals surface area contributed by atoms with Crippen LogP contribution < -0.4 is 4.74 Å². The Kier molecular flexibility index (Phi) is 8.19. The molecule has 7 heteroatoms. The molecule has 0 saturated heterocycles. The highest BCUT2D eigenvalue weighted by Gasteiger charge is 2.34. The number of hydrogen-bond acceptors (Lipinski definition) is 5. The second-order valence-electron chi connectivity index (χ2n) is 9.96. The van der Waals surface area contributed by atoms with E-state index in [1.165, 1.54) is 18.1 Å². The molecule has 188 valence electrons. The average Bonchev–Trinajstić information content (AvgIpc) is 2.87. The van der Waals surface area contributed by atoms with Crippen LogP contribution in [0.25, 0.3) is 5.57 Å². The monoisotopic (exact) mass is 481 g/mol. The number of aliphatic hydroxyl groups is 1. The number of likely N-dealkylation sites (N-methyl/N-ethyl adjacent to an activating group) is 1. The second kappa shape index (κ2) is 11.3. The van der Waals surface area contributed by atoms with Crippen LogP contribution in [0.4, 0.5) is 4.39 Å². The molecule has 0 spiro atoms. The summed E-state index contributed by atoms with van der Waals surface area (Å²) in [6, 6.07) is 8.35. The van der Waals surface area contributed by atoms with Crippen molar-refractivity contribution < 1.29 is 19.0 Å². The van der Waals surface area contributed by atoms with Crippen molar-refractivity contribution >= 4 is 11.5 Å². The van der Waals surface area contributed by atoms with Gasteiger partial charge in [-0.2, -0.15) is 0 Å². The Morgan fingerprint density at radius 2 is 2.11 bits per heavy atom. The van der Waals surface area contributed by atoms with Gasteiger partial charge in [-0.05, 0) is 62.9 Å². The zero-order valence-corrected chi connectivity index (χ0v) is 20.9. The van der Waals surface area contributed by atoms with E-state index in [-0.39, 0.29) is 36.4 Å². The number of allylic oxidation sites excluding steroid dienone is 2. The Hall–Kier alpha value is -2.77. The van der Waals surface area contributed by atoms with Crippen LogP contribution in [0.3, 0.4) is 0 Å². The minimum absolute atomic E-state index is 0.0216. The summed E-state index contributed by atoms with van der Waals surface area (Å²) in [5.74, 6) is -0.0961. The van der Waals surface area contributed by atoms with E-state index in [1.54, 1.807) is 23.2 Å². The molecule has 1 aromatic heterocycles. The van der Waals surface area contributed by atoms with Crippen LogP contribution in [0, 0.1) is 11.7 Å². The molecule has 4 rings (SSSR count). The van der Waals surface area contributed by atoms with E-state index in [2.05, 4.69) is 11.1 Å². The zero-order valence-electron chi connectivity index (χ0n) is 20.9. The summed E-state index contributed by atoms with van der Waals surface area (Å²) in [5.41, 5.74) is 3.24. The van der Waals surface area contributed by atoms with Crippen molar-refractivity contribution in [1.29, 1.82) is 0 Å². The topological polar surface area (TPSA) is 65.9 Å². The molecular weight excluding hydrogens is 445 g/mol. The first-order chi connectivity index (χ1) is 16.9. The summed E-state index contributed by atoms with van der Waals surface area (Å²) in [5, 5.41) is 9.87. The van der Waals surface area contributed by atoms with Gasteiger partial charge in [-0.3, -0.25) is 9.69 Å². The highest BCUT2D eigenvalue weighted by molar-refractivity contribution is 5.97. The van der Waals surface area contributed by atoms with Crippen molar-refractivity contribution in [3.63, 3.8) is 0 Å². The molecule has 2 aliphatic rings. The van der Waals surface area contributed by atoms with Crippen molar-refractivity contribution in [2.75, 3.05) is 26.7 Å². The van der Waals surface area contributed by atoms with Crippen LogP contribution in [0.5, 0.6) is 5.88 Å². The number of carbonyl (C=O) groups excluding carboxylic acids is 1. The number of hydrogen-bond donors (Lipinski definition) is 1. The molecule has 35 heavy (non-hydrogen) atoms. The lowest BCUT2D eigenvalue weighted by Crippen LogP contribution is -2.49. The number of carbonyl (C=O) groups is 1. The van der Waals surface area contributed by atoms with Gasteiger partial charge in [0.25, 0.3) is 5.91 Å². The Morgan fingerprint density at radius 1 is 1.31 bits per heavy atom. The molecule has 0 unspecified atom stereocenters. The predicted octanol–water partition coefficient (Wildman–Crippen LogP) is 4.53. The Bertz CT molecular complexity index is 1070. The lowest BCUT2D eigenvalue weighted by molar-refractivity contribution is 0.0324. The lowest BCUT2D eigenvalue weighted by atomic mass is 9.93. The highest BCUT2D eigenvalue weighted by Crippen LogP contribution is 2.32. The molecule has 2 heterocycles. The summed E-state index contributed by atoms with van der Waals surface area (Å²) in [6.45, 7) is 5.21. The minimum Gasteiger partial charge on any atom is -0.472 e. The van der Waals surface area contributed by atoms with E-state index < -0.39 is 0 Å². The number of fused-ring (bicyclic) bond motifs is 1. The van der Waals surface area contributed by atoms with Crippen LogP contribution in [0.1, 0.15) is 61.0 Å². The molecule has 1 amide bonds. The number of ether oxygens (including phenoxy) is 1. The second-order valence-corrected chi connectivity index (χ2v) is 9.96. The number of rotatable bonds is 7. The molecule has 1 aliphatic heterocycles. The van der Waals surface area contributed by atoms with E-state index in [9.17, 15) is 14.3 Å². The number of pyridine rings is 1. The standard InChI is InChI=1S/C28H36FN3O3/c1-19-15-32(20(2)18-33)28(34)24-13-23(21-9-5-4-6-10-21)14-30-27(24)35-26(19)17-31(3)16-22-11-7-8-12-25(22)29/h7-9,11-14,19-20,26,33H,4-6,10,15-18H2,1-3H3/t19-,20-,26-/m1/s1. The van der Waals surface area contributed by atoms with E-state index in [0.717, 1.165) is 24.8 Å². The summed E-state index contributed by atoms with van der Waals surface area (Å²) < 4.78 is 20.6. The number of halogens is 1. The normalized spacial score (nSPS) is 21.6. The van der Waals surface area contributed by atoms with Crippen molar-refractivity contribution in [3.05, 3.63) is 65.1 Å². The Morgan fingerprint density at radius 3 is 2.83 bits per heavy atom. The van der Waals surface area contributed by atoms with Gasteiger partial charge in [0.1, 0.15) is 17.5 Å². The Labute approximate surface area is 207 Å². The molecular formula is C28H36FN3O3. The lowest BCUT2D eigenvalue weighted by Gasteiger charge is -2.37. The van der Waals surface area contributed by atoms with E-state index in [0.29, 0.717) is 36.6 Å². The minimum atomic E-state index is -0.328. The van der Waals surface area contributed by atoms with Crippen LogP contribution in [-0.2, 0) is 6.54 Å². The van der Waals surface area contributed by atoms with Crippen molar-refractivity contribution in [2.45, 2.75) is 58.2 Å². The molecule has 0 fully saturated rings. The van der Waals surface area contributed by atoms with Crippen LogP contribution >= 0.6 is 0 Å². The highest BCUT2D eigenvalue weighted by atomic mass is 19.1. The summed E-state index contributed by atoms with van der Waals surface area (Å²) >= 11 is 0. The van der Waals surface area contributed by atoms with Gasteiger partial charge in [0.2, 0.25) is 5.88 Å². The van der Waals surface area contributed by atoms with E-state index in [4.69, 9.17) is 4.74 Å². The molecule has 2 aromatic rings. The third-order valence-corrected chi connectivity index (χ3v) is 7.07. The molecule has 0 bridgehead atoms. The summed E-state index contributed by atoms with van der Waals surface area (Å²) in [6.07, 6.45) is 8.11. The number of amides is 1. The predicted molar refractivity (Wildman–Crippen MR) is 135 cm³/mol.